The molecule has 0 aliphatic rings. The van der Waals surface area contributed by atoms with Gasteiger partial charge in [0.15, 0.2) is 0 Å². The van der Waals surface area contributed by atoms with Gasteiger partial charge in [0.05, 0.1) is 18.8 Å². The summed E-state index contributed by atoms with van der Waals surface area (Å²) >= 11 is 0. The summed E-state index contributed by atoms with van der Waals surface area (Å²) < 4.78 is 0. The molecule has 5 nitrogen and oxygen atoms in total. The number of unbranched alkanes of at least 4 members (excludes halogenated alkanes) is 2. The molecule has 0 spiro atoms. The highest BCUT2D eigenvalue weighted by Crippen LogP contribution is 2.08. The van der Waals surface area contributed by atoms with Crippen LogP contribution in [0.2, 0.25) is 0 Å². The van der Waals surface area contributed by atoms with Crippen LogP contribution in [0.3, 0.4) is 0 Å². The number of hydrazine groups is 1. The predicted molar refractivity (Wildman–Crippen MR) is 89.0 cm³/mol. The van der Waals surface area contributed by atoms with Crippen LogP contribution < -0.4 is 15.8 Å². The Labute approximate surface area is 133 Å². The van der Waals surface area contributed by atoms with Crippen molar-refractivity contribution in [1.29, 1.82) is 0 Å². The lowest BCUT2D eigenvalue weighted by Crippen LogP contribution is -3.12. The van der Waals surface area contributed by atoms with Crippen molar-refractivity contribution in [2.45, 2.75) is 39.5 Å². The molecule has 1 aromatic rings. The minimum Gasteiger partial charge on any atom is -0.328 e. The van der Waals surface area contributed by atoms with Gasteiger partial charge in [0.2, 0.25) is 12.2 Å². The number of carbonyl (C=O) groups excluding carboxylic acids is 2. The van der Waals surface area contributed by atoms with Crippen LogP contribution in [0, 0.1) is 0 Å². The fraction of sp³-hybridized carbons (Fsp3) is 0.529. The first-order chi connectivity index (χ1) is 10.7. The molecule has 3 N–H and O–H groups in total. The van der Waals surface area contributed by atoms with E-state index in [0.717, 1.165) is 50.0 Å². The van der Waals surface area contributed by atoms with Crippen LogP contribution >= 0.6 is 0 Å². The van der Waals surface area contributed by atoms with Crippen LogP contribution in [0.25, 0.3) is 0 Å². The van der Waals surface area contributed by atoms with Gasteiger partial charge in [-0.1, -0.05) is 26.7 Å². The van der Waals surface area contributed by atoms with Crippen LogP contribution in [0.4, 0.5) is 5.69 Å². The minimum absolute atomic E-state index is 0.178. The Morgan fingerprint density at radius 1 is 1.09 bits per heavy atom. The normalized spacial score (nSPS) is 10.5. The maximum Gasteiger partial charge on any atom is 0.225 e. The maximum atomic E-state index is 12.4. The Bertz CT molecular complexity index is 438. The topological polar surface area (TPSA) is 62.6 Å². The monoisotopic (exact) mass is 306 g/mol. The zero-order chi connectivity index (χ0) is 16.2. The van der Waals surface area contributed by atoms with Crippen molar-refractivity contribution in [2.24, 2.45) is 0 Å². The van der Waals surface area contributed by atoms with Crippen LogP contribution in [0.1, 0.15) is 49.9 Å². The van der Waals surface area contributed by atoms with Crippen LogP contribution in [0.15, 0.2) is 24.3 Å². The number of anilines is 1. The zero-order valence-electron chi connectivity index (χ0n) is 13.7. The van der Waals surface area contributed by atoms with Gasteiger partial charge < -0.3 is 4.90 Å². The zero-order valence-corrected chi connectivity index (χ0v) is 13.7. The summed E-state index contributed by atoms with van der Waals surface area (Å²) in [4.78, 5) is 24.0. The predicted octanol–water partition coefficient (Wildman–Crippen LogP) is 1.43. The van der Waals surface area contributed by atoms with Crippen LogP contribution in [-0.2, 0) is 4.79 Å². The van der Waals surface area contributed by atoms with Gasteiger partial charge in [-0.15, -0.1) is 0 Å². The average molecular weight is 306 g/mol. The SMILES string of the molecule is CCCC[NH+](CCCC)CC(=O)c1ccc(NNC=O)cc1. The maximum absolute atomic E-state index is 12.4. The number of rotatable bonds is 12. The van der Waals surface area contributed by atoms with Gasteiger partial charge in [-0.25, -0.2) is 0 Å². The molecule has 0 unspecified atom stereocenters. The lowest BCUT2D eigenvalue weighted by atomic mass is 10.1. The first-order valence-electron chi connectivity index (χ1n) is 8.13. The van der Waals surface area contributed by atoms with Gasteiger partial charge in [0.1, 0.15) is 6.54 Å². The molecule has 0 saturated heterocycles. The highest BCUT2D eigenvalue weighted by atomic mass is 16.1. The summed E-state index contributed by atoms with van der Waals surface area (Å²) in [7, 11) is 0. The molecule has 1 aromatic carbocycles. The number of hydrogen-bond donors (Lipinski definition) is 3. The van der Waals surface area contributed by atoms with Gasteiger partial charge in [-0.2, -0.15) is 0 Å². The third-order valence-electron chi connectivity index (χ3n) is 3.66. The second-order valence-electron chi connectivity index (χ2n) is 5.52. The number of nitrogens with one attached hydrogen (secondary N) is 3. The van der Waals surface area contributed by atoms with Crippen molar-refractivity contribution in [3.05, 3.63) is 29.8 Å². The quantitative estimate of drug-likeness (QED) is 0.311. The third-order valence-corrected chi connectivity index (χ3v) is 3.66. The fourth-order valence-electron chi connectivity index (χ4n) is 2.34. The van der Waals surface area contributed by atoms with Crippen molar-refractivity contribution in [2.75, 3.05) is 25.1 Å². The molecule has 0 atom stereocenters. The van der Waals surface area contributed by atoms with Gasteiger partial charge in [-0.05, 0) is 37.1 Å². The van der Waals surface area contributed by atoms with Crippen molar-refractivity contribution >= 4 is 17.9 Å². The number of Topliss-reactive ketones (excluding diaryl/α,β-unsaturated/α-hetero) is 1. The largest absolute Gasteiger partial charge is 0.328 e. The van der Waals surface area contributed by atoms with Crippen LogP contribution in [-0.4, -0.2) is 31.8 Å². The van der Waals surface area contributed by atoms with E-state index < -0.39 is 0 Å². The first kappa shape index (κ1) is 18.2. The van der Waals surface area contributed by atoms with Crippen molar-refractivity contribution in [3.63, 3.8) is 0 Å². The van der Waals surface area contributed by atoms with Crippen molar-refractivity contribution < 1.29 is 14.5 Å². The van der Waals surface area contributed by atoms with E-state index in [9.17, 15) is 9.59 Å². The van der Waals surface area contributed by atoms with Crippen molar-refractivity contribution in [3.8, 4) is 0 Å². The van der Waals surface area contributed by atoms with E-state index in [1.807, 2.05) is 0 Å². The molecule has 0 heterocycles. The van der Waals surface area contributed by atoms with E-state index in [1.54, 1.807) is 24.3 Å². The molecule has 122 valence electrons. The Morgan fingerprint density at radius 2 is 1.68 bits per heavy atom. The minimum atomic E-state index is 0.178. The van der Waals surface area contributed by atoms with E-state index >= 15 is 0 Å². The summed E-state index contributed by atoms with van der Waals surface area (Å²) in [5, 5.41) is 0. The number of benzene rings is 1. The molecule has 1 amide bonds. The molecule has 0 radical (unpaired) electrons. The average Bonchev–Trinajstić information content (AvgIpc) is 2.55. The lowest BCUT2D eigenvalue weighted by Gasteiger charge is -2.18. The Morgan fingerprint density at radius 3 is 2.18 bits per heavy atom. The molecular formula is C17H28N3O2+. The number of hydrogen-bond acceptors (Lipinski definition) is 3. The highest BCUT2D eigenvalue weighted by molar-refractivity contribution is 5.97. The smallest absolute Gasteiger partial charge is 0.225 e. The first-order valence-corrected chi connectivity index (χ1v) is 8.13. The lowest BCUT2D eigenvalue weighted by molar-refractivity contribution is -0.892. The van der Waals surface area contributed by atoms with Gasteiger partial charge in [0.25, 0.3) is 0 Å². The highest BCUT2D eigenvalue weighted by Gasteiger charge is 2.15. The standard InChI is InChI=1S/C17H27N3O2/c1-3-5-11-20(12-6-4-2)13-17(22)15-7-9-16(10-8-15)19-18-14-21/h7-10,14,19H,3-6,11-13H2,1-2H3,(H,18,21)/p+1. The van der Waals surface area contributed by atoms with E-state index in [-0.39, 0.29) is 5.78 Å². The van der Waals surface area contributed by atoms with Gasteiger partial charge in [-0.3, -0.25) is 20.4 Å². The molecule has 22 heavy (non-hydrogen) atoms. The molecule has 0 fully saturated rings. The summed E-state index contributed by atoms with van der Waals surface area (Å²) in [6, 6.07) is 7.19. The molecule has 0 aromatic heterocycles. The van der Waals surface area contributed by atoms with Gasteiger partial charge >= 0.3 is 0 Å². The molecule has 0 aliphatic heterocycles. The summed E-state index contributed by atoms with van der Waals surface area (Å²) in [5.74, 6) is 0.178. The van der Waals surface area contributed by atoms with Crippen LogP contribution in [0.5, 0.6) is 0 Å². The van der Waals surface area contributed by atoms with E-state index in [0.29, 0.717) is 13.0 Å². The molecule has 1 rings (SSSR count). The van der Waals surface area contributed by atoms with E-state index in [2.05, 4.69) is 24.7 Å². The van der Waals surface area contributed by atoms with Gasteiger partial charge in [0, 0.05) is 5.56 Å². The number of quaternary nitrogens is 1. The molecule has 0 bridgehead atoms. The molecule has 0 aliphatic carbocycles. The fourth-order valence-corrected chi connectivity index (χ4v) is 2.34. The Balaban J connectivity index is 2.57. The number of amides is 1. The Kier molecular flexibility index (Phi) is 8.91. The second-order valence-corrected chi connectivity index (χ2v) is 5.52. The van der Waals surface area contributed by atoms with E-state index in [4.69, 9.17) is 0 Å². The third kappa shape index (κ3) is 6.72. The van der Waals surface area contributed by atoms with Crippen molar-refractivity contribution in [1.82, 2.24) is 5.43 Å². The summed E-state index contributed by atoms with van der Waals surface area (Å²) in [5.41, 5.74) is 6.57. The second kappa shape index (κ2) is 10.8. The molecule has 5 heteroatoms. The number of ketones is 1. The van der Waals surface area contributed by atoms with E-state index in [1.165, 1.54) is 4.90 Å². The molecule has 0 saturated carbocycles. The summed E-state index contributed by atoms with van der Waals surface area (Å²) in [6.45, 7) is 7.03. The summed E-state index contributed by atoms with van der Waals surface area (Å²) in [6.07, 6.45) is 5.21. The Hall–Kier alpha value is -1.88. The molecular weight excluding hydrogens is 278 g/mol. The number of carbonyl (C=O) groups is 2.